The number of nitrogens with zero attached hydrogens (tertiary/aromatic N) is 1. The van der Waals surface area contributed by atoms with Crippen molar-refractivity contribution in [3.63, 3.8) is 0 Å². The molecule has 0 fully saturated rings. The predicted octanol–water partition coefficient (Wildman–Crippen LogP) is 4.77. The lowest BCUT2D eigenvalue weighted by atomic mass is 9.94. The van der Waals surface area contributed by atoms with Crippen LogP contribution in [0, 0.1) is 11.6 Å². The number of amides is 2. The van der Waals surface area contributed by atoms with Crippen LogP contribution in [0.1, 0.15) is 33.2 Å². The minimum absolute atomic E-state index is 0.106. The fourth-order valence-corrected chi connectivity index (χ4v) is 3.99. The molecule has 4 rings (SSSR count). The number of aromatic nitrogens is 1. The van der Waals surface area contributed by atoms with Gasteiger partial charge in [0.25, 0.3) is 0 Å². The molecule has 0 aliphatic heterocycles. The smallest absolute Gasteiger partial charge is 0.248 e. The molecule has 4 aromatic rings. The van der Waals surface area contributed by atoms with Gasteiger partial charge in [-0.05, 0) is 53.4 Å². The molecule has 0 aliphatic rings. The fraction of sp³-hybridized carbons (Fsp3) is 0.107. The molecular formula is C28H23F2N3O2. The number of nitrogens with one attached hydrogen (secondary N) is 1. The Balaban J connectivity index is 1.72. The Morgan fingerprint density at radius 2 is 1.60 bits per heavy atom. The molecule has 1 atom stereocenters. The summed E-state index contributed by atoms with van der Waals surface area (Å²) in [6.45, 7) is 0. The van der Waals surface area contributed by atoms with Gasteiger partial charge in [0.1, 0.15) is 11.6 Å². The van der Waals surface area contributed by atoms with E-state index < -0.39 is 23.6 Å². The minimum Gasteiger partial charge on any atom is -0.366 e. The number of benzene rings is 3. The maximum atomic E-state index is 13.9. The first-order chi connectivity index (χ1) is 16.9. The molecule has 0 radical (unpaired) electrons. The van der Waals surface area contributed by atoms with Crippen LogP contribution in [-0.4, -0.2) is 16.8 Å². The van der Waals surface area contributed by atoms with Crippen molar-refractivity contribution < 1.29 is 18.4 Å². The molecule has 0 bridgehead atoms. The molecule has 35 heavy (non-hydrogen) atoms. The highest BCUT2D eigenvalue weighted by atomic mass is 19.1. The summed E-state index contributed by atoms with van der Waals surface area (Å²) in [5, 5.41) is 2.98. The van der Waals surface area contributed by atoms with Crippen LogP contribution in [0.15, 0.2) is 91.1 Å². The maximum Gasteiger partial charge on any atom is 0.248 e. The molecule has 1 aromatic heterocycles. The van der Waals surface area contributed by atoms with E-state index >= 15 is 0 Å². The van der Waals surface area contributed by atoms with E-state index in [1.165, 1.54) is 12.1 Å². The molecule has 3 N–H and O–H groups in total. The standard InChI is InChI=1S/C28H23F2N3O2/c29-22-12-19(13-23(30)17-22)14-25(33-26(34)15-18-6-2-1-3-7-18)27-24(10-5-11-32-27)20-8-4-9-21(16-20)28(31)35/h1-13,16-17,25H,14-15H2,(H2,31,35)(H,33,34)/t25-/m0/s1. The van der Waals surface area contributed by atoms with E-state index in [0.717, 1.165) is 11.6 Å². The van der Waals surface area contributed by atoms with Crippen molar-refractivity contribution in [2.45, 2.75) is 18.9 Å². The van der Waals surface area contributed by atoms with Crippen LogP contribution in [0.5, 0.6) is 0 Å². The molecule has 0 unspecified atom stereocenters. The number of rotatable bonds is 8. The molecule has 0 saturated heterocycles. The van der Waals surface area contributed by atoms with Gasteiger partial charge in [0.05, 0.1) is 18.2 Å². The molecular weight excluding hydrogens is 448 g/mol. The summed E-state index contributed by atoms with van der Waals surface area (Å²) in [4.78, 5) is 29.2. The van der Waals surface area contributed by atoms with Gasteiger partial charge in [0, 0.05) is 23.4 Å². The first-order valence-corrected chi connectivity index (χ1v) is 11.0. The first-order valence-electron chi connectivity index (χ1n) is 11.0. The maximum absolute atomic E-state index is 13.9. The zero-order chi connectivity index (χ0) is 24.8. The van der Waals surface area contributed by atoms with E-state index in [9.17, 15) is 18.4 Å². The number of hydrogen-bond acceptors (Lipinski definition) is 3. The Bertz CT molecular complexity index is 1340. The number of carbonyl (C=O) groups is 2. The van der Waals surface area contributed by atoms with Gasteiger partial charge in [-0.15, -0.1) is 0 Å². The number of primary amides is 1. The second-order valence-corrected chi connectivity index (χ2v) is 8.15. The van der Waals surface area contributed by atoms with Crippen molar-refractivity contribution in [2.75, 3.05) is 0 Å². The van der Waals surface area contributed by atoms with Crippen molar-refractivity contribution in [1.29, 1.82) is 0 Å². The zero-order valence-corrected chi connectivity index (χ0v) is 18.7. The molecule has 176 valence electrons. The average molecular weight is 472 g/mol. The molecule has 3 aromatic carbocycles. The van der Waals surface area contributed by atoms with Gasteiger partial charge >= 0.3 is 0 Å². The predicted molar refractivity (Wildman–Crippen MR) is 129 cm³/mol. The van der Waals surface area contributed by atoms with Crippen LogP contribution in [-0.2, 0) is 17.6 Å². The molecule has 0 aliphatic carbocycles. The summed E-state index contributed by atoms with van der Waals surface area (Å²) < 4.78 is 27.8. The van der Waals surface area contributed by atoms with E-state index in [-0.39, 0.29) is 18.7 Å². The number of nitrogens with two attached hydrogens (primary N) is 1. The lowest BCUT2D eigenvalue weighted by Gasteiger charge is -2.22. The summed E-state index contributed by atoms with van der Waals surface area (Å²) in [6, 6.07) is 22.1. The highest BCUT2D eigenvalue weighted by molar-refractivity contribution is 5.94. The van der Waals surface area contributed by atoms with E-state index in [0.29, 0.717) is 27.9 Å². The van der Waals surface area contributed by atoms with Gasteiger partial charge in [0.15, 0.2) is 0 Å². The molecule has 0 spiro atoms. The van der Waals surface area contributed by atoms with Crippen molar-refractivity contribution in [2.24, 2.45) is 5.73 Å². The van der Waals surface area contributed by atoms with Gasteiger partial charge in [-0.1, -0.05) is 48.5 Å². The largest absolute Gasteiger partial charge is 0.366 e. The Morgan fingerprint density at radius 1 is 0.857 bits per heavy atom. The molecule has 0 saturated carbocycles. The Kier molecular flexibility index (Phi) is 7.26. The molecule has 2 amide bonds. The number of halogens is 2. The van der Waals surface area contributed by atoms with Gasteiger partial charge in [-0.3, -0.25) is 14.6 Å². The van der Waals surface area contributed by atoms with Gasteiger partial charge in [-0.2, -0.15) is 0 Å². The third kappa shape index (κ3) is 6.14. The van der Waals surface area contributed by atoms with E-state index in [2.05, 4.69) is 10.3 Å². The fourth-order valence-electron chi connectivity index (χ4n) is 3.99. The average Bonchev–Trinajstić information content (AvgIpc) is 2.84. The second-order valence-electron chi connectivity index (χ2n) is 8.15. The number of hydrogen-bond donors (Lipinski definition) is 2. The first kappa shape index (κ1) is 23.8. The number of carbonyl (C=O) groups excluding carboxylic acids is 2. The minimum atomic E-state index is -0.704. The topological polar surface area (TPSA) is 85.1 Å². The van der Waals surface area contributed by atoms with Crippen molar-refractivity contribution in [1.82, 2.24) is 10.3 Å². The van der Waals surface area contributed by atoms with Crippen molar-refractivity contribution in [3.8, 4) is 11.1 Å². The van der Waals surface area contributed by atoms with E-state index in [4.69, 9.17) is 5.73 Å². The third-order valence-electron chi connectivity index (χ3n) is 5.53. The van der Waals surface area contributed by atoms with Crippen LogP contribution in [0.3, 0.4) is 0 Å². The highest BCUT2D eigenvalue weighted by Crippen LogP contribution is 2.29. The summed E-state index contributed by atoms with van der Waals surface area (Å²) in [5.41, 5.74) is 8.82. The lowest BCUT2D eigenvalue weighted by molar-refractivity contribution is -0.121. The van der Waals surface area contributed by atoms with E-state index in [1.807, 2.05) is 36.4 Å². The van der Waals surface area contributed by atoms with Crippen molar-refractivity contribution in [3.05, 3.63) is 125 Å². The quantitative estimate of drug-likeness (QED) is 0.388. The Hall–Kier alpha value is -4.39. The van der Waals surface area contributed by atoms with Crippen LogP contribution < -0.4 is 11.1 Å². The van der Waals surface area contributed by atoms with Crippen LogP contribution >= 0.6 is 0 Å². The lowest BCUT2D eigenvalue weighted by Crippen LogP contribution is -2.32. The molecule has 7 heteroatoms. The molecule has 1 heterocycles. The summed E-state index contributed by atoms with van der Waals surface area (Å²) in [7, 11) is 0. The zero-order valence-electron chi connectivity index (χ0n) is 18.7. The number of pyridine rings is 1. The van der Waals surface area contributed by atoms with E-state index in [1.54, 1.807) is 36.5 Å². The summed E-state index contributed by atoms with van der Waals surface area (Å²) in [6.07, 6.45) is 1.82. The SMILES string of the molecule is NC(=O)c1cccc(-c2cccnc2[C@H](Cc2cc(F)cc(F)c2)NC(=O)Cc2ccccc2)c1. The Morgan fingerprint density at radius 3 is 2.31 bits per heavy atom. The normalized spacial score (nSPS) is 11.6. The summed E-state index contributed by atoms with van der Waals surface area (Å²) in [5.74, 6) is -2.24. The Labute approximate surface area is 201 Å². The molecule has 5 nitrogen and oxygen atoms in total. The highest BCUT2D eigenvalue weighted by Gasteiger charge is 2.22. The second kappa shape index (κ2) is 10.7. The van der Waals surface area contributed by atoms with Gasteiger partial charge in [0.2, 0.25) is 11.8 Å². The monoisotopic (exact) mass is 471 g/mol. The van der Waals surface area contributed by atoms with Gasteiger partial charge in [-0.25, -0.2) is 8.78 Å². The summed E-state index contributed by atoms with van der Waals surface area (Å²) >= 11 is 0. The third-order valence-corrected chi connectivity index (χ3v) is 5.53. The van der Waals surface area contributed by atoms with Crippen LogP contribution in [0.25, 0.3) is 11.1 Å². The van der Waals surface area contributed by atoms with Crippen LogP contribution in [0.2, 0.25) is 0 Å². The van der Waals surface area contributed by atoms with Crippen LogP contribution in [0.4, 0.5) is 8.78 Å². The van der Waals surface area contributed by atoms with Gasteiger partial charge < -0.3 is 11.1 Å². The van der Waals surface area contributed by atoms with Crippen molar-refractivity contribution >= 4 is 11.8 Å².